The third-order valence-electron chi connectivity index (χ3n) is 6.04. The average molecular weight is 407 g/mol. The Morgan fingerprint density at radius 3 is 2.00 bits per heavy atom. The first-order valence-electron chi connectivity index (χ1n) is 10.7. The standard InChI is InChI=1S/C25H30N2O3/c1-3-18(2)22(26-24(29)21-12-8-5-9-13-21)25(30)27-16-14-20(15-17-27)23(28)19-10-6-4-7-11-19/h4-13,18,20,22H,3,14-17H2,1-2H3,(H,26,29). The Balaban J connectivity index is 1.63. The molecule has 1 aliphatic heterocycles. The molecule has 0 spiro atoms. The van der Waals surface area contributed by atoms with Gasteiger partial charge in [-0.15, -0.1) is 0 Å². The van der Waals surface area contributed by atoms with E-state index in [0.717, 1.165) is 12.0 Å². The highest BCUT2D eigenvalue weighted by Gasteiger charge is 2.34. The number of likely N-dealkylation sites (tertiary alicyclic amines) is 1. The molecule has 1 saturated heterocycles. The average Bonchev–Trinajstić information content (AvgIpc) is 2.82. The maximum Gasteiger partial charge on any atom is 0.251 e. The van der Waals surface area contributed by atoms with E-state index in [0.29, 0.717) is 31.5 Å². The van der Waals surface area contributed by atoms with Crippen molar-refractivity contribution in [3.63, 3.8) is 0 Å². The fourth-order valence-electron chi connectivity index (χ4n) is 3.89. The van der Waals surface area contributed by atoms with Gasteiger partial charge < -0.3 is 10.2 Å². The fourth-order valence-corrected chi connectivity index (χ4v) is 3.89. The smallest absolute Gasteiger partial charge is 0.251 e. The van der Waals surface area contributed by atoms with E-state index in [-0.39, 0.29) is 29.4 Å². The maximum absolute atomic E-state index is 13.2. The normalized spacial score (nSPS) is 16.5. The summed E-state index contributed by atoms with van der Waals surface area (Å²) in [5.41, 5.74) is 1.28. The fraction of sp³-hybridized carbons (Fsp3) is 0.400. The zero-order valence-electron chi connectivity index (χ0n) is 17.7. The summed E-state index contributed by atoms with van der Waals surface area (Å²) in [5.74, 6) is -0.174. The Kier molecular flexibility index (Phi) is 7.39. The SMILES string of the molecule is CCC(C)C(NC(=O)c1ccccc1)C(=O)N1CCC(C(=O)c2ccccc2)CC1. The van der Waals surface area contributed by atoms with Gasteiger partial charge in [0.15, 0.2) is 5.78 Å². The molecule has 2 aromatic rings. The summed E-state index contributed by atoms with van der Waals surface area (Å²) in [6, 6.07) is 17.7. The Morgan fingerprint density at radius 1 is 0.933 bits per heavy atom. The number of nitrogens with zero attached hydrogens (tertiary/aromatic N) is 1. The van der Waals surface area contributed by atoms with Crippen molar-refractivity contribution in [1.29, 1.82) is 0 Å². The highest BCUT2D eigenvalue weighted by Crippen LogP contribution is 2.23. The first-order valence-corrected chi connectivity index (χ1v) is 10.7. The van der Waals surface area contributed by atoms with Crippen LogP contribution in [0.15, 0.2) is 60.7 Å². The number of hydrogen-bond donors (Lipinski definition) is 1. The Hall–Kier alpha value is -2.95. The topological polar surface area (TPSA) is 66.5 Å². The molecule has 1 N–H and O–H groups in total. The predicted molar refractivity (Wildman–Crippen MR) is 117 cm³/mol. The van der Waals surface area contributed by atoms with Crippen molar-refractivity contribution >= 4 is 17.6 Å². The molecule has 2 aromatic carbocycles. The molecule has 0 bridgehead atoms. The van der Waals surface area contributed by atoms with Crippen LogP contribution in [0.3, 0.4) is 0 Å². The van der Waals surface area contributed by atoms with E-state index in [1.807, 2.05) is 62.4 Å². The highest BCUT2D eigenvalue weighted by molar-refractivity contribution is 5.99. The van der Waals surface area contributed by atoms with Crippen LogP contribution in [0, 0.1) is 11.8 Å². The number of carbonyl (C=O) groups excluding carboxylic acids is 3. The molecule has 0 saturated carbocycles. The number of amides is 2. The molecule has 3 rings (SSSR count). The van der Waals surface area contributed by atoms with Crippen LogP contribution in [0.2, 0.25) is 0 Å². The summed E-state index contributed by atoms with van der Waals surface area (Å²) in [7, 11) is 0. The highest BCUT2D eigenvalue weighted by atomic mass is 16.2. The van der Waals surface area contributed by atoms with Gasteiger partial charge >= 0.3 is 0 Å². The minimum Gasteiger partial charge on any atom is -0.341 e. The molecule has 1 heterocycles. The Labute approximate surface area is 178 Å². The number of hydrogen-bond acceptors (Lipinski definition) is 3. The molecule has 0 aromatic heterocycles. The van der Waals surface area contributed by atoms with Gasteiger partial charge in [-0.1, -0.05) is 68.8 Å². The molecule has 2 unspecified atom stereocenters. The van der Waals surface area contributed by atoms with E-state index < -0.39 is 6.04 Å². The number of nitrogens with one attached hydrogen (secondary N) is 1. The van der Waals surface area contributed by atoms with Gasteiger partial charge in [-0.3, -0.25) is 14.4 Å². The summed E-state index contributed by atoms with van der Waals surface area (Å²) in [6.07, 6.45) is 2.09. The van der Waals surface area contributed by atoms with Crippen molar-refractivity contribution < 1.29 is 14.4 Å². The first-order chi connectivity index (χ1) is 14.5. The van der Waals surface area contributed by atoms with Crippen LogP contribution in [0.5, 0.6) is 0 Å². The van der Waals surface area contributed by atoms with Gasteiger partial charge in [0, 0.05) is 30.1 Å². The summed E-state index contributed by atoms with van der Waals surface area (Å²) >= 11 is 0. The number of ketones is 1. The van der Waals surface area contributed by atoms with Gasteiger partial charge in [0.1, 0.15) is 6.04 Å². The van der Waals surface area contributed by atoms with E-state index in [4.69, 9.17) is 0 Å². The predicted octanol–water partition coefficient (Wildman–Crippen LogP) is 3.95. The zero-order chi connectivity index (χ0) is 21.5. The molecule has 2 atom stereocenters. The van der Waals surface area contributed by atoms with Crippen LogP contribution >= 0.6 is 0 Å². The number of rotatable bonds is 7. The van der Waals surface area contributed by atoms with Crippen molar-refractivity contribution in [2.45, 2.75) is 39.2 Å². The third-order valence-corrected chi connectivity index (χ3v) is 6.04. The lowest BCUT2D eigenvalue weighted by molar-refractivity contribution is -0.135. The number of Topliss-reactive ketones (excluding diaryl/α,β-unsaturated/α-hetero) is 1. The minimum atomic E-state index is -0.566. The van der Waals surface area contributed by atoms with Crippen molar-refractivity contribution in [3.8, 4) is 0 Å². The third kappa shape index (κ3) is 5.15. The zero-order valence-corrected chi connectivity index (χ0v) is 17.7. The lowest BCUT2D eigenvalue weighted by atomic mass is 9.88. The van der Waals surface area contributed by atoms with E-state index in [9.17, 15) is 14.4 Å². The van der Waals surface area contributed by atoms with Gasteiger partial charge in [-0.25, -0.2) is 0 Å². The maximum atomic E-state index is 13.2. The second kappa shape index (κ2) is 10.2. The van der Waals surface area contributed by atoms with E-state index in [2.05, 4.69) is 5.32 Å². The lowest BCUT2D eigenvalue weighted by Crippen LogP contribution is -2.53. The van der Waals surface area contributed by atoms with Gasteiger partial charge in [0.05, 0.1) is 0 Å². The van der Waals surface area contributed by atoms with Crippen LogP contribution in [-0.4, -0.2) is 41.6 Å². The summed E-state index contributed by atoms with van der Waals surface area (Å²) in [5, 5.41) is 2.94. The molecule has 158 valence electrons. The van der Waals surface area contributed by atoms with Crippen molar-refractivity contribution in [2.24, 2.45) is 11.8 Å². The van der Waals surface area contributed by atoms with Gasteiger partial charge in [-0.2, -0.15) is 0 Å². The molecule has 1 aliphatic rings. The summed E-state index contributed by atoms with van der Waals surface area (Å²) in [6.45, 7) is 5.08. The van der Waals surface area contributed by atoms with E-state index in [1.165, 1.54) is 0 Å². The van der Waals surface area contributed by atoms with Crippen LogP contribution in [0.25, 0.3) is 0 Å². The van der Waals surface area contributed by atoms with E-state index >= 15 is 0 Å². The second-order valence-corrected chi connectivity index (χ2v) is 8.03. The quantitative estimate of drug-likeness (QED) is 0.708. The van der Waals surface area contributed by atoms with Crippen molar-refractivity contribution in [2.75, 3.05) is 13.1 Å². The van der Waals surface area contributed by atoms with Crippen LogP contribution in [0.1, 0.15) is 53.8 Å². The van der Waals surface area contributed by atoms with Gasteiger partial charge in [-0.05, 0) is 30.9 Å². The van der Waals surface area contributed by atoms with Crippen LogP contribution in [-0.2, 0) is 4.79 Å². The summed E-state index contributed by atoms with van der Waals surface area (Å²) < 4.78 is 0. The van der Waals surface area contributed by atoms with E-state index in [1.54, 1.807) is 17.0 Å². The molecule has 0 aliphatic carbocycles. The Bertz CT molecular complexity index is 858. The second-order valence-electron chi connectivity index (χ2n) is 8.03. The van der Waals surface area contributed by atoms with Crippen molar-refractivity contribution in [1.82, 2.24) is 10.2 Å². The summed E-state index contributed by atoms with van der Waals surface area (Å²) in [4.78, 5) is 40.4. The number of benzene rings is 2. The number of carbonyl (C=O) groups is 3. The molecule has 5 heteroatoms. The number of piperidine rings is 1. The lowest BCUT2D eigenvalue weighted by Gasteiger charge is -2.35. The molecule has 5 nitrogen and oxygen atoms in total. The largest absolute Gasteiger partial charge is 0.341 e. The van der Waals surface area contributed by atoms with Gasteiger partial charge in [0.2, 0.25) is 5.91 Å². The minimum absolute atomic E-state index is 0.0221. The monoisotopic (exact) mass is 406 g/mol. The van der Waals surface area contributed by atoms with Crippen LogP contribution in [0.4, 0.5) is 0 Å². The molecule has 2 amide bonds. The molecule has 0 radical (unpaired) electrons. The first kappa shape index (κ1) is 21.8. The molecule has 1 fully saturated rings. The molecule has 30 heavy (non-hydrogen) atoms. The van der Waals surface area contributed by atoms with Crippen molar-refractivity contribution in [3.05, 3.63) is 71.8 Å². The Morgan fingerprint density at radius 2 is 1.47 bits per heavy atom. The van der Waals surface area contributed by atoms with Crippen LogP contribution < -0.4 is 5.32 Å². The van der Waals surface area contributed by atoms with Gasteiger partial charge in [0.25, 0.3) is 5.91 Å². The molecular weight excluding hydrogens is 376 g/mol. The molecular formula is C25H30N2O3.